The second-order valence-electron chi connectivity index (χ2n) is 2.98. The maximum absolute atomic E-state index is 9.56. The average molecular weight is 168 g/mol. The largest absolute Gasteiger partial charge is 0.508 e. The van der Waals surface area contributed by atoms with E-state index in [0.29, 0.717) is 5.56 Å². The molecule has 0 heterocycles. The van der Waals surface area contributed by atoms with Crippen LogP contribution in [0.3, 0.4) is 0 Å². The Kier molecular flexibility index (Phi) is 2.35. The summed E-state index contributed by atoms with van der Waals surface area (Å²) in [5.41, 5.74) is -0.774. The van der Waals surface area contributed by atoms with Gasteiger partial charge in [-0.1, -0.05) is 12.1 Å². The van der Waals surface area contributed by atoms with E-state index in [1.807, 2.05) is 0 Å². The fourth-order valence-corrected chi connectivity index (χ4v) is 0.932. The predicted octanol–water partition coefficient (Wildman–Crippen LogP) is 0.592. The van der Waals surface area contributed by atoms with Crippen LogP contribution in [0.15, 0.2) is 24.3 Å². The predicted molar refractivity (Wildman–Crippen MR) is 44.8 cm³/mol. The first-order valence-corrected chi connectivity index (χ1v) is 3.69. The number of aliphatic hydroxyl groups is 2. The van der Waals surface area contributed by atoms with Crippen molar-refractivity contribution in [3.8, 4) is 5.75 Å². The number of aliphatic hydroxyl groups excluding tert-OH is 1. The van der Waals surface area contributed by atoms with Gasteiger partial charge in [-0.2, -0.15) is 0 Å². The summed E-state index contributed by atoms with van der Waals surface area (Å²) < 4.78 is 0. The lowest BCUT2D eigenvalue weighted by Crippen LogP contribution is -2.25. The molecule has 3 nitrogen and oxygen atoms in total. The number of rotatable bonds is 2. The van der Waals surface area contributed by atoms with E-state index in [-0.39, 0.29) is 12.4 Å². The van der Waals surface area contributed by atoms with Crippen molar-refractivity contribution in [2.24, 2.45) is 0 Å². The minimum atomic E-state index is -1.28. The van der Waals surface area contributed by atoms with Gasteiger partial charge in [0.1, 0.15) is 11.4 Å². The fraction of sp³-hybridized carbons (Fsp3) is 0.333. The molecule has 12 heavy (non-hydrogen) atoms. The fourth-order valence-electron chi connectivity index (χ4n) is 0.932. The van der Waals surface area contributed by atoms with Gasteiger partial charge in [0.2, 0.25) is 0 Å². The van der Waals surface area contributed by atoms with Crippen molar-refractivity contribution in [1.82, 2.24) is 0 Å². The Bertz CT molecular complexity index is 268. The molecule has 1 aromatic carbocycles. The Morgan fingerprint density at radius 1 is 1.42 bits per heavy atom. The summed E-state index contributed by atoms with van der Waals surface area (Å²) >= 11 is 0. The topological polar surface area (TPSA) is 60.7 Å². The van der Waals surface area contributed by atoms with Gasteiger partial charge < -0.3 is 15.3 Å². The molecule has 1 aromatic rings. The third-order valence-corrected chi connectivity index (χ3v) is 1.78. The highest BCUT2D eigenvalue weighted by Crippen LogP contribution is 2.22. The molecule has 0 aliphatic rings. The lowest BCUT2D eigenvalue weighted by molar-refractivity contribution is -0.00242. The van der Waals surface area contributed by atoms with E-state index < -0.39 is 5.60 Å². The SMILES string of the molecule is CC(O)(CO)c1cccc(O)c1. The number of hydrogen-bond donors (Lipinski definition) is 3. The van der Waals surface area contributed by atoms with E-state index in [1.54, 1.807) is 12.1 Å². The van der Waals surface area contributed by atoms with Crippen molar-refractivity contribution in [1.29, 1.82) is 0 Å². The number of hydrogen-bond acceptors (Lipinski definition) is 3. The van der Waals surface area contributed by atoms with Crippen LogP contribution in [0.4, 0.5) is 0 Å². The zero-order valence-electron chi connectivity index (χ0n) is 6.86. The first-order valence-electron chi connectivity index (χ1n) is 3.69. The van der Waals surface area contributed by atoms with Crippen LogP contribution in [-0.2, 0) is 5.60 Å². The van der Waals surface area contributed by atoms with Crippen LogP contribution in [0.2, 0.25) is 0 Å². The summed E-state index contributed by atoms with van der Waals surface area (Å²) in [6.07, 6.45) is 0. The number of aromatic hydroxyl groups is 1. The van der Waals surface area contributed by atoms with Crippen LogP contribution in [-0.4, -0.2) is 21.9 Å². The van der Waals surface area contributed by atoms with E-state index in [1.165, 1.54) is 19.1 Å². The summed E-state index contributed by atoms with van der Waals surface area (Å²) in [6.45, 7) is 1.12. The van der Waals surface area contributed by atoms with Crippen molar-refractivity contribution in [3.63, 3.8) is 0 Å². The van der Waals surface area contributed by atoms with Gasteiger partial charge in [0.15, 0.2) is 0 Å². The number of benzene rings is 1. The Labute approximate surface area is 70.9 Å². The van der Waals surface area contributed by atoms with E-state index in [4.69, 9.17) is 10.2 Å². The molecular weight excluding hydrogens is 156 g/mol. The van der Waals surface area contributed by atoms with E-state index in [0.717, 1.165) is 0 Å². The molecule has 3 N–H and O–H groups in total. The molecule has 1 rings (SSSR count). The molecule has 0 aromatic heterocycles. The zero-order valence-corrected chi connectivity index (χ0v) is 6.86. The molecule has 1 atom stereocenters. The number of phenolic OH excluding ortho intramolecular Hbond substituents is 1. The average Bonchev–Trinajstić information content (AvgIpc) is 2.05. The molecule has 0 amide bonds. The second-order valence-corrected chi connectivity index (χ2v) is 2.98. The summed E-state index contributed by atoms with van der Waals surface area (Å²) in [6, 6.07) is 6.21. The van der Waals surface area contributed by atoms with Crippen LogP contribution < -0.4 is 0 Å². The molecule has 0 aliphatic carbocycles. The summed E-state index contributed by atoms with van der Waals surface area (Å²) in [7, 11) is 0. The lowest BCUT2D eigenvalue weighted by atomic mass is 9.97. The van der Waals surface area contributed by atoms with Crippen molar-refractivity contribution >= 4 is 0 Å². The number of phenols is 1. The van der Waals surface area contributed by atoms with Gasteiger partial charge in [-0.05, 0) is 24.6 Å². The Hall–Kier alpha value is -1.06. The van der Waals surface area contributed by atoms with Gasteiger partial charge >= 0.3 is 0 Å². The quantitative estimate of drug-likeness (QED) is 0.605. The van der Waals surface area contributed by atoms with Gasteiger partial charge in [0.25, 0.3) is 0 Å². The highest BCUT2D eigenvalue weighted by Gasteiger charge is 2.21. The van der Waals surface area contributed by atoms with Crippen LogP contribution >= 0.6 is 0 Å². The molecular formula is C9H12O3. The van der Waals surface area contributed by atoms with E-state index in [9.17, 15) is 5.11 Å². The molecule has 0 saturated carbocycles. The molecule has 0 radical (unpaired) electrons. The third-order valence-electron chi connectivity index (χ3n) is 1.78. The summed E-state index contributed by atoms with van der Waals surface area (Å²) in [4.78, 5) is 0. The van der Waals surface area contributed by atoms with Crippen LogP contribution in [0, 0.1) is 0 Å². The maximum atomic E-state index is 9.56. The highest BCUT2D eigenvalue weighted by molar-refractivity contribution is 5.30. The van der Waals surface area contributed by atoms with Crippen LogP contribution in [0.5, 0.6) is 5.75 Å². The molecule has 0 spiro atoms. The minimum absolute atomic E-state index is 0.0845. The van der Waals surface area contributed by atoms with E-state index >= 15 is 0 Å². The Balaban J connectivity index is 3.03. The summed E-state index contributed by atoms with van der Waals surface area (Å²) in [5.74, 6) is 0.0845. The standard InChI is InChI=1S/C9H12O3/c1-9(12,6-10)7-3-2-4-8(11)5-7/h2-5,10-12H,6H2,1H3. The maximum Gasteiger partial charge on any atom is 0.115 e. The van der Waals surface area contributed by atoms with Crippen molar-refractivity contribution in [3.05, 3.63) is 29.8 Å². The molecule has 0 bridgehead atoms. The van der Waals surface area contributed by atoms with Gasteiger partial charge in [0, 0.05) is 0 Å². The molecule has 66 valence electrons. The molecule has 0 saturated heterocycles. The third kappa shape index (κ3) is 1.75. The normalized spacial score (nSPS) is 15.6. The smallest absolute Gasteiger partial charge is 0.115 e. The Morgan fingerprint density at radius 2 is 2.08 bits per heavy atom. The lowest BCUT2D eigenvalue weighted by Gasteiger charge is -2.20. The van der Waals surface area contributed by atoms with Crippen molar-refractivity contribution in [2.75, 3.05) is 6.61 Å². The van der Waals surface area contributed by atoms with Crippen molar-refractivity contribution < 1.29 is 15.3 Å². The molecule has 3 heteroatoms. The minimum Gasteiger partial charge on any atom is -0.508 e. The van der Waals surface area contributed by atoms with Crippen LogP contribution in [0.1, 0.15) is 12.5 Å². The molecule has 0 fully saturated rings. The second kappa shape index (κ2) is 3.13. The van der Waals surface area contributed by atoms with Gasteiger partial charge in [-0.3, -0.25) is 0 Å². The van der Waals surface area contributed by atoms with Crippen LogP contribution in [0.25, 0.3) is 0 Å². The molecule has 0 aliphatic heterocycles. The Morgan fingerprint density at radius 3 is 2.58 bits per heavy atom. The molecule has 1 unspecified atom stereocenters. The highest BCUT2D eigenvalue weighted by atomic mass is 16.3. The summed E-state index contributed by atoms with van der Waals surface area (Å²) in [5, 5.41) is 27.4. The van der Waals surface area contributed by atoms with E-state index in [2.05, 4.69) is 0 Å². The van der Waals surface area contributed by atoms with Crippen molar-refractivity contribution in [2.45, 2.75) is 12.5 Å². The monoisotopic (exact) mass is 168 g/mol. The van der Waals surface area contributed by atoms with Gasteiger partial charge in [-0.25, -0.2) is 0 Å². The first kappa shape index (κ1) is 9.03. The van der Waals surface area contributed by atoms with Gasteiger partial charge in [-0.15, -0.1) is 0 Å². The van der Waals surface area contributed by atoms with Gasteiger partial charge in [0.05, 0.1) is 6.61 Å². The zero-order chi connectivity index (χ0) is 9.19. The first-order chi connectivity index (χ1) is 5.56.